The Morgan fingerprint density at radius 2 is 2.23 bits per heavy atom. The second-order valence-electron chi connectivity index (χ2n) is 2.96. The van der Waals surface area contributed by atoms with E-state index in [4.69, 9.17) is 4.42 Å². The first kappa shape index (κ1) is 8.05. The molecule has 0 N–H and O–H groups in total. The third kappa shape index (κ3) is 1.47. The van der Waals surface area contributed by atoms with Crippen LogP contribution in [0.3, 0.4) is 0 Å². The molecule has 0 unspecified atom stereocenters. The van der Waals surface area contributed by atoms with Gasteiger partial charge in [-0.05, 0) is 18.1 Å². The number of carbonyl (C=O) groups excluding carboxylic acids is 1. The van der Waals surface area contributed by atoms with Crippen molar-refractivity contribution in [3.05, 3.63) is 36.1 Å². The topological polar surface area (TPSA) is 30.2 Å². The van der Waals surface area contributed by atoms with E-state index in [1.54, 1.807) is 6.26 Å². The molecule has 1 aromatic heterocycles. The standard InChI is InChI=1S/C11H10O2/c12-7-2-5-9-3-1-4-10-6-8-13-11(9)10/h1,3-4,6-8H,2,5H2. The van der Waals surface area contributed by atoms with Gasteiger partial charge in [-0.15, -0.1) is 0 Å². The summed E-state index contributed by atoms with van der Waals surface area (Å²) in [5.41, 5.74) is 2.01. The Morgan fingerprint density at radius 1 is 1.31 bits per heavy atom. The van der Waals surface area contributed by atoms with Gasteiger partial charge < -0.3 is 9.21 Å². The quantitative estimate of drug-likeness (QED) is 0.669. The fourth-order valence-corrected chi connectivity index (χ4v) is 1.47. The molecule has 0 fully saturated rings. The number of hydrogen-bond acceptors (Lipinski definition) is 2. The fourth-order valence-electron chi connectivity index (χ4n) is 1.47. The molecule has 13 heavy (non-hydrogen) atoms. The zero-order chi connectivity index (χ0) is 9.10. The summed E-state index contributed by atoms with van der Waals surface area (Å²) in [6, 6.07) is 7.91. The molecular formula is C11H10O2. The van der Waals surface area contributed by atoms with Crippen LogP contribution in [0.15, 0.2) is 34.9 Å². The van der Waals surface area contributed by atoms with E-state index < -0.39 is 0 Å². The zero-order valence-electron chi connectivity index (χ0n) is 7.19. The molecule has 1 heterocycles. The van der Waals surface area contributed by atoms with Crippen LogP contribution in [-0.4, -0.2) is 6.29 Å². The maximum atomic E-state index is 10.2. The average Bonchev–Trinajstić information content (AvgIpc) is 2.62. The number of hydrogen-bond donors (Lipinski definition) is 0. The van der Waals surface area contributed by atoms with Crippen LogP contribution in [-0.2, 0) is 11.2 Å². The summed E-state index contributed by atoms with van der Waals surface area (Å²) >= 11 is 0. The lowest BCUT2D eigenvalue weighted by molar-refractivity contribution is -0.107. The maximum Gasteiger partial charge on any atom is 0.137 e. The summed E-state index contributed by atoms with van der Waals surface area (Å²) in [6.45, 7) is 0. The van der Waals surface area contributed by atoms with Crippen molar-refractivity contribution in [3.63, 3.8) is 0 Å². The van der Waals surface area contributed by atoms with E-state index in [0.29, 0.717) is 6.42 Å². The molecule has 0 radical (unpaired) electrons. The molecule has 2 aromatic rings. The summed E-state index contributed by atoms with van der Waals surface area (Å²) in [5, 5.41) is 1.10. The van der Waals surface area contributed by atoms with E-state index >= 15 is 0 Å². The third-order valence-corrected chi connectivity index (χ3v) is 2.09. The van der Waals surface area contributed by atoms with Crippen molar-refractivity contribution in [2.45, 2.75) is 12.8 Å². The SMILES string of the molecule is O=CCCc1cccc2ccoc12. The highest BCUT2D eigenvalue weighted by Gasteiger charge is 2.02. The summed E-state index contributed by atoms with van der Waals surface area (Å²) in [6.07, 6.45) is 3.92. The number of para-hydroxylation sites is 1. The van der Waals surface area contributed by atoms with Gasteiger partial charge in [0.05, 0.1) is 6.26 Å². The molecule has 0 amide bonds. The number of aldehydes is 1. The molecule has 66 valence electrons. The maximum absolute atomic E-state index is 10.2. The number of furan rings is 1. The lowest BCUT2D eigenvalue weighted by Gasteiger charge is -1.97. The van der Waals surface area contributed by atoms with Gasteiger partial charge in [0.2, 0.25) is 0 Å². The van der Waals surface area contributed by atoms with E-state index in [9.17, 15) is 4.79 Å². The minimum absolute atomic E-state index is 0.555. The normalized spacial score (nSPS) is 10.5. The van der Waals surface area contributed by atoms with Crippen LogP contribution in [0.2, 0.25) is 0 Å². The molecule has 2 heteroatoms. The Labute approximate surface area is 76.2 Å². The van der Waals surface area contributed by atoms with Crippen LogP contribution in [0.1, 0.15) is 12.0 Å². The van der Waals surface area contributed by atoms with Gasteiger partial charge in [0.15, 0.2) is 0 Å². The summed E-state index contributed by atoms with van der Waals surface area (Å²) in [4.78, 5) is 10.2. The highest BCUT2D eigenvalue weighted by molar-refractivity contribution is 5.80. The Morgan fingerprint density at radius 3 is 3.08 bits per heavy atom. The molecule has 0 aliphatic heterocycles. The molecule has 0 aliphatic carbocycles. The van der Waals surface area contributed by atoms with Crippen LogP contribution in [0.4, 0.5) is 0 Å². The largest absolute Gasteiger partial charge is 0.464 e. The van der Waals surface area contributed by atoms with Crippen molar-refractivity contribution in [3.8, 4) is 0 Å². The van der Waals surface area contributed by atoms with Crippen LogP contribution >= 0.6 is 0 Å². The summed E-state index contributed by atoms with van der Waals surface area (Å²) in [7, 11) is 0. The van der Waals surface area contributed by atoms with Gasteiger partial charge in [-0.1, -0.05) is 18.2 Å². The Bertz CT molecular complexity index is 415. The van der Waals surface area contributed by atoms with Crippen molar-refractivity contribution in [1.29, 1.82) is 0 Å². The monoisotopic (exact) mass is 174 g/mol. The van der Waals surface area contributed by atoms with Crippen LogP contribution in [0, 0.1) is 0 Å². The highest BCUT2D eigenvalue weighted by Crippen LogP contribution is 2.20. The van der Waals surface area contributed by atoms with Gasteiger partial charge in [-0.25, -0.2) is 0 Å². The zero-order valence-corrected chi connectivity index (χ0v) is 7.19. The van der Waals surface area contributed by atoms with Crippen molar-refractivity contribution in [2.24, 2.45) is 0 Å². The van der Waals surface area contributed by atoms with E-state index in [2.05, 4.69) is 0 Å². The van der Waals surface area contributed by atoms with Gasteiger partial charge in [-0.2, -0.15) is 0 Å². The molecule has 0 saturated carbocycles. The van der Waals surface area contributed by atoms with Crippen molar-refractivity contribution >= 4 is 17.3 Å². The van der Waals surface area contributed by atoms with E-state index in [0.717, 1.165) is 29.2 Å². The van der Waals surface area contributed by atoms with Crippen LogP contribution in [0.5, 0.6) is 0 Å². The Kier molecular flexibility index (Phi) is 2.13. The molecule has 1 aromatic carbocycles. The first-order chi connectivity index (χ1) is 6.42. The minimum Gasteiger partial charge on any atom is -0.464 e. The van der Waals surface area contributed by atoms with Gasteiger partial charge in [0, 0.05) is 11.8 Å². The third-order valence-electron chi connectivity index (χ3n) is 2.09. The molecule has 0 spiro atoms. The molecule has 2 rings (SSSR count). The number of carbonyl (C=O) groups is 1. The van der Waals surface area contributed by atoms with Crippen molar-refractivity contribution < 1.29 is 9.21 Å². The van der Waals surface area contributed by atoms with Gasteiger partial charge >= 0.3 is 0 Å². The number of rotatable bonds is 3. The van der Waals surface area contributed by atoms with Crippen molar-refractivity contribution in [2.75, 3.05) is 0 Å². The minimum atomic E-state index is 0.555. The second-order valence-corrected chi connectivity index (χ2v) is 2.96. The van der Waals surface area contributed by atoms with E-state index in [1.165, 1.54) is 0 Å². The molecule has 0 saturated heterocycles. The predicted octanol–water partition coefficient (Wildman–Crippen LogP) is 2.56. The Balaban J connectivity index is 2.42. The smallest absolute Gasteiger partial charge is 0.137 e. The van der Waals surface area contributed by atoms with Gasteiger partial charge in [0.1, 0.15) is 11.9 Å². The summed E-state index contributed by atoms with van der Waals surface area (Å²) < 4.78 is 5.33. The van der Waals surface area contributed by atoms with Gasteiger partial charge in [0.25, 0.3) is 0 Å². The average molecular weight is 174 g/mol. The number of benzene rings is 1. The van der Waals surface area contributed by atoms with Crippen LogP contribution < -0.4 is 0 Å². The molecular weight excluding hydrogens is 164 g/mol. The first-order valence-electron chi connectivity index (χ1n) is 4.30. The summed E-state index contributed by atoms with van der Waals surface area (Å²) in [5.74, 6) is 0. The van der Waals surface area contributed by atoms with Crippen molar-refractivity contribution in [1.82, 2.24) is 0 Å². The number of aryl methyl sites for hydroxylation is 1. The number of fused-ring (bicyclic) bond motifs is 1. The molecule has 0 atom stereocenters. The first-order valence-corrected chi connectivity index (χ1v) is 4.30. The van der Waals surface area contributed by atoms with Gasteiger partial charge in [-0.3, -0.25) is 0 Å². The molecule has 2 nitrogen and oxygen atoms in total. The second kappa shape index (κ2) is 3.44. The van der Waals surface area contributed by atoms with Crippen LogP contribution in [0.25, 0.3) is 11.0 Å². The lowest BCUT2D eigenvalue weighted by atomic mass is 10.1. The Hall–Kier alpha value is -1.57. The molecule has 0 aliphatic rings. The fraction of sp³-hybridized carbons (Fsp3) is 0.182. The van der Waals surface area contributed by atoms with E-state index in [1.807, 2.05) is 24.3 Å². The predicted molar refractivity (Wildman–Crippen MR) is 50.6 cm³/mol. The lowest BCUT2D eigenvalue weighted by Crippen LogP contribution is -1.85. The molecule has 0 bridgehead atoms. The highest BCUT2D eigenvalue weighted by atomic mass is 16.3. The van der Waals surface area contributed by atoms with E-state index in [-0.39, 0.29) is 0 Å².